The Bertz CT molecular complexity index is 321. The zero-order valence-corrected chi connectivity index (χ0v) is 10.5. The molecule has 1 aromatic heterocycles. The van der Waals surface area contributed by atoms with E-state index in [9.17, 15) is 0 Å². The monoisotopic (exact) mass is 244 g/mol. The summed E-state index contributed by atoms with van der Waals surface area (Å²) in [5, 5.41) is 0.382. The first-order valence-electron chi connectivity index (χ1n) is 5.41. The minimum absolute atomic E-state index is 0.339. The Morgan fingerprint density at radius 2 is 2.12 bits per heavy atom. The highest BCUT2D eigenvalue weighted by atomic mass is 35.5. The van der Waals surface area contributed by atoms with E-state index in [1.54, 1.807) is 13.2 Å². The van der Waals surface area contributed by atoms with E-state index < -0.39 is 0 Å². The van der Waals surface area contributed by atoms with Crippen molar-refractivity contribution in [3.05, 3.63) is 17.0 Å². The van der Waals surface area contributed by atoms with Crippen LogP contribution in [-0.4, -0.2) is 23.7 Å². The average molecular weight is 245 g/mol. The molecule has 0 aliphatic rings. The normalized spacial score (nSPS) is 10.4. The molecule has 0 aromatic carbocycles. The summed E-state index contributed by atoms with van der Waals surface area (Å²) in [7, 11) is 1.59. The lowest BCUT2D eigenvalue weighted by Crippen LogP contribution is -2.03. The van der Waals surface area contributed by atoms with Gasteiger partial charge in [0.25, 0.3) is 0 Å². The van der Waals surface area contributed by atoms with Gasteiger partial charge in [0.05, 0.1) is 6.61 Å². The second kappa shape index (κ2) is 7.41. The first kappa shape index (κ1) is 13.2. The van der Waals surface area contributed by atoms with E-state index >= 15 is 0 Å². The quantitative estimate of drug-likeness (QED) is 0.547. The number of hydrogen-bond donors (Lipinski definition) is 0. The molecule has 16 heavy (non-hydrogen) atoms. The van der Waals surface area contributed by atoms with Crippen molar-refractivity contribution in [1.82, 2.24) is 9.97 Å². The Balaban J connectivity index is 2.51. The van der Waals surface area contributed by atoms with Gasteiger partial charge in [0.15, 0.2) is 5.82 Å². The molecule has 1 aromatic rings. The number of rotatable bonds is 7. The summed E-state index contributed by atoms with van der Waals surface area (Å²) < 4.78 is 10.4. The minimum Gasteiger partial charge on any atom is -0.478 e. The van der Waals surface area contributed by atoms with Crippen molar-refractivity contribution in [3.63, 3.8) is 0 Å². The van der Waals surface area contributed by atoms with Crippen molar-refractivity contribution in [3.8, 4) is 5.88 Å². The maximum atomic E-state index is 5.84. The van der Waals surface area contributed by atoms with Gasteiger partial charge in [0, 0.05) is 13.2 Å². The highest BCUT2D eigenvalue weighted by Gasteiger charge is 2.03. The van der Waals surface area contributed by atoms with Crippen LogP contribution in [0, 0.1) is 0 Å². The molecular formula is C11H17ClN2O2. The smallest absolute Gasteiger partial charge is 0.218 e. The third kappa shape index (κ3) is 4.77. The van der Waals surface area contributed by atoms with E-state index in [0.29, 0.717) is 30.1 Å². The van der Waals surface area contributed by atoms with E-state index in [2.05, 4.69) is 16.9 Å². The van der Waals surface area contributed by atoms with Crippen molar-refractivity contribution in [1.29, 1.82) is 0 Å². The Hall–Kier alpha value is -0.870. The Labute approximate surface area is 101 Å². The van der Waals surface area contributed by atoms with Crippen LogP contribution < -0.4 is 4.74 Å². The summed E-state index contributed by atoms with van der Waals surface area (Å²) in [4.78, 5) is 8.20. The molecule has 0 saturated heterocycles. The summed E-state index contributed by atoms with van der Waals surface area (Å²) in [6.07, 6.45) is 3.35. The van der Waals surface area contributed by atoms with Crippen LogP contribution in [0.5, 0.6) is 5.88 Å². The van der Waals surface area contributed by atoms with Crippen LogP contribution in [-0.2, 0) is 11.3 Å². The van der Waals surface area contributed by atoms with Crippen LogP contribution in [0.4, 0.5) is 0 Å². The lowest BCUT2D eigenvalue weighted by Gasteiger charge is -2.06. The Kier molecular flexibility index (Phi) is 6.11. The molecule has 0 N–H and O–H groups in total. The first-order valence-corrected chi connectivity index (χ1v) is 5.79. The number of ether oxygens (including phenoxy) is 2. The molecule has 1 heterocycles. The Morgan fingerprint density at radius 1 is 1.31 bits per heavy atom. The van der Waals surface area contributed by atoms with Gasteiger partial charge in [-0.1, -0.05) is 31.4 Å². The zero-order chi connectivity index (χ0) is 11.8. The molecule has 0 aliphatic carbocycles. The summed E-state index contributed by atoms with van der Waals surface area (Å²) in [5.74, 6) is 1.06. The van der Waals surface area contributed by atoms with Gasteiger partial charge in [0.1, 0.15) is 11.8 Å². The molecule has 0 bridgehead atoms. The van der Waals surface area contributed by atoms with Crippen LogP contribution in [0.3, 0.4) is 0 Å². The van der Waals surface area contributed by atoms with Crippen LogP contribution >= 0.6 is 11.6 Å². The fourth-order valence-corrected chi connectivity index (χ4v) is 1.43. The maximum absolute atomic E-state index is 5.84. The highest BCUT2D eigenvalue weighted by Crippen LogP contribution is 2.14. The zero-order valence-electron chi connectivity index (χ0n) is 9.70. The van der Waals surface area contributed by atoms with Gasteiger partial charge in [-0.05, 0) is 6.42 Å². The predicted molar refractivity (Wildman–Crippen MR) is 62.8 cm³/mol. The molecule has 0 atom stereocenters. The SMILES string of the molecule is CCCCCOc1cc(Cl)nc(COC)n1. The molecule has 0 amide bonds. The van der Waals surface area contributed by atoms with E-state index in [1.165, 1.54) is 6.42 Å². The van der Waals surface area contributed by atoms with Gasteiger partial charge in [0.2, 0.25) is 5.88 Å². The first-order chi connectivity index (χ1) is 7.76. The molecular weight excluding hydrogens is 228 g/mol. The molecule has 0 saturated carbocycles. The van der Waals surface area contributed by atoms with Crippen molar-refractivity contribution < 1.29 is 9.47 Å². The van der Waals surface area contributed by atoms with Gasteiger partial charge < -0.3 is 9.47 Å². The summed E-state index contributed by atoms with van der Waals surface area (Å²) >= 11 is 5.84. The Morgan fingerprint density at radius 3 is 2.81 bits per heavy atom. The molecule has 0 aliphatic heterocycles. The third-order valence-corrected chi connectivity index (χ3v) is 2.18. The number of unbranched alkanes of at least 4 members (excludes halogenated alkanes) is 2. The van der Waals surface area contributed by atoms with Crippen LogP contribution in [0.15, 0.2) is 6.07 Å². The predicted octanol–water partition coefficient (Wildman–Crippen LogP) is 2.85. The van der Waals surface area contributed by atoms with Crippen molar-refractivity contribution in [2.45, 2.75) is 32.8 Å². The number of hydrogen-bond acceptors (Lipinski definition) is 4. The van der Waals surface area contributed by atoms with Crippen LogP contribution in [0.2, 0.25) is 5.15 Å². The van der Waals surface area contributed by atoms with E-state index in [-0.39, 0.29) is 0 Å². The summed E-state index contributed by atoms with van der Waals surface area (Å²) in [5.41, 5.74) is 0. The average Bonchev–Trinajstić information content (AvgIpc) is 2.24. The number of halogens is 1. The molecule has 90 valence electrons. The topological polar surface area (TPSA) is 44.2 Å². The summed E-state index contributed by atoms with van der Waals surface area (Å²) in [6.45, 7) is 3.15. The minimum atomic E-state index is 0.339. The van der Waals surface area contributed by atoms with Gasteiger partial charge in [-0.2, -0.15) is 4.98 Å². The van der Waals surface area contributed by atoms with Crippen LogP contribution in [0.1, 0.15) is 32.0 Å². The van der Waals surface area contributed by atoms with E-state index in [1.807, 2.05) is 0 Å². The van der Waals surface area contributed by atoms with Gasteiger partial charge >= 0.3 is 0 Å². The lowest BCUT2D eigenvalue weighted by molar-refractivity contribution is 0.176. The van der Waals surface area contributed by atoms with Gasteiger partial charge in [-0.15, -0.1) is 0 Å². The highest BCUT2D eigenvalue weighted by molar-refractivity contribution is 6.29. The molecule has 5 heteroatoms. The maximum Gasteiger partial charge on any atom is 0.218 e. The van der Waals surface area contributed by atoms with Crippen LogP contribution in [0.25, 0.3) is 0 Å². The second-order valence-corrected chi connectivity index (χ2v) is 3.82. The number of aromatic nitrogens is 2. The van der Waals surface area contributed by atoms with Gasteiger partial charge in [-0.3, -0.25) is 0 Å². The molecule has 0 fully saturated rings. The van der Waals surface area contributed by atoms with Crippen molar-refractivity contribution >= 4 is 11.6 Å². The molecule has 4 nitrogen and oxygen atoms in total. The standard InChI is InChI=1S/C11H17ClN2O2/c1-3-4-5-6-16-11-7-9(12)13-10(14-11)8-15-2/h7H,3-6,8H2,1-2H3. The number of nitrogens with zero attached hydrogens (tertiary/aromatic N) is 2. The van der Waals surface area contributed by atoms with Crippen molar-refractivity contribution in [2.24, 2.45) is 0 Å². The second-order valence-electron chi connectivity index (χ2n) is 3.43. The fourth-order valence-electron chi connectivity index (χ4n) is 1.24. The molecule has 0 unspecified atom stereocenters. The molecule has 1 rings (SSSR count). The van der Waals surface area contributed by atoms with Crippen molar-refractivity contribution in [2.75, 3.05) is 13.7 Å². The molecule has 0 spiro atoms. The fraction of sp³-hybridized carbons (Fsp3) is 0.636. The number of methoxy groups -OCH3 is 1. The van der Waals surface area contributed by atoms with E-state index in [4.69, 9.17) is 21.1 Å². The van der Waals surface area contributed by atoms with E-state index in [0.717, 1.165) is 12.8 Å². The molecule has 0 radical (unpaired) electrons. The lowest BCUT2D eigenvalue weighted by atomic mass is 10.3. The van der Waals surface area contributed by atoms with Gasteiger partial charge in [-0.25, -0.2) is 4.98 Å². The third-order valence-electron chi connectivity index (χ3n) is 1.99. The largest absolute Gasteiger partial charge is 0.478 e. The summed E-state index contributed by atoms with van der Waals surface area (Å²) in [6, 6.07) is 1.62.